The molecule has 3 aliphatic rings. The first kappa shape index (κ1) is 27.0. The fourth-order valence-corrected chi connectivity index (χ4v) is 6.67. The number of nitrogens with zero attached hydrogens (tertiary/aromatic N) is 1. The molecule has 0 unspecified atom stereocenters. The van der Waals surface area contributed by atoms with E-state index in [2.05, 4.69) is 16.3 Å². The number of esters is 2. The van der Waals surface area contributed by atoms with Crippen molar-refractivity contribution in [2.45, 2.75) is 51.4 Å². The van der Waals surface area contributed by atoms with Gasteiger partial charge in [0.25, 0.3) is 0 Å². The number of likely N-dealkylation sites (tertiary alicyclic amines) is 1. The van der Waals surface area contributed by atoms with E-state index in [4.69, 9.17) is 9.47 Å². The van der Waals surface area contributed by atoms with Gasteiger partial charge >= 0.3 is 11.9 Å². The molecule has 2 heterocycles. The Labute approximate surface area is 237 Å². The Bertz CT molecular complexity index is 1370. The molecule has 2 fully saturated rings. The topological polar surface area (TPSA) is 67.9 Å². The number of carbonyl (C=O) groups excluding carboxylic acids is 2. The molecule has 210 valence electrons. The van der Waals surface area contributed by atoms with Gasteiger partial charge in [-0.25, -0.2) is 9.59 Å². The highest BCUT2D eigenvalue weighted by Crippen LogP contribution is 2.48. The van der Waals surface area contributed by atoms with E-state index in [1.165, 1.54) is 32.1 Å². The van der Waals surface area contributed by atoms with E-state index in [1.54, 1.807) is 0 Å². The number of fused-ring (bicyclic) bond motifs is 3. The van der Waals surface area contributed by atoms with Gasteiger partial charge in [-0.3, -0.25) is 0 Å². The van der Waals surface area contributed by atoms with Crippen molar-refractivity contribution >= 4 is 22.7 Å². The summed E-state index contributed by atoms with van der Waals surface area (Å²) in [5, 5.41) is 5.35. The van der Waals surface area contributed by atoms with Gasteiger partial charge in [0, 0.05) is 6.54 Å². The standard InChI is InChI=1S/C34H40N2O4/c37-33(39-22-6-20-36-18-2-1-3-19-36)25-10-11-26-27-8-4-9-28-30(13-12-29(32(27)28)31(26)23-25)34(38)40-21-5-7-24-14-16-35-17-15-24/h4,8-13,23-24,35H,1-3,5-7,14-22H2. The van der Waals surface area contributed by atoms with E-state index >= 15 is 0 Å². The third kappa shape index (κ3) is 5.79. The lowest BCUT2D eigenvalue weighted by molar-refractivity contribution is 0.0479. The van der Waals surface area contributed by atoms with Crippen LogP contribution in [-0.4, -0.2) is 62.8 Å². The number of piperidine rings is 2. The first-order chi connectivity index (χ1) is 19.7. The molecule has 1 aliphatic carbocycles. The Morgan fingerprint density at radius 1 is 0.800 bits per heavy atom. The lowest BCUT2D eigenvalue weighted by atomic mass is 9.93. The van der Waals surface area contributed by atoms with Crippen molar-refractivity contribution in [3.05, 3.63) is 59.7 Å². The van der Waals surface area contributed by atoms with Crippen molar-refractivity contribution in [1.29, 1.82) is 0 Å². The molecule has 40 heavy (non-hydrogen) atoms. The monoisotopic (exact) mass is 540 g/mol. The highest BCUT2D eigenvalue weighted by atomic mass is 16.5. The van der Waals surface area contributed by atoms with Crippen LogP contribution in [0.15, 0.2) is 48.5 Å². The fraction of sp³-hybridized carbons (Fsp3) is 0.471. The number of benzene rings is 3. The normalized spacial score (nSPS) is 17.1. The molecule has 6 rings (SSSR count). The van der Waals surface area contributed by atoms with Crippen LogP contribution in [0, 0.1) is 5.92 Å². The largest absolute Gasteiger partial charge is 0.462 e. The predicted molar refractivity (Wildman–Crippen MR) is 159 cm³/mol. The molecule has 2 aliphatic heterocycles. The van der Waals surface area contributed by atoms with Crippen LogP contribution in [0.25, 0.3) is 33.0 Å². The molecule has 0 amide bonds. The second kappa shape index (κ2) is 12.5. The van der Waals surface area contributed by atoms with Gasteiger partial charge in [0.2, 0.25) is 0 Å². The molecule has 0 bridgehead atoms. The van der Waals surface area contributed by atoms with Crippen molar-refractivity contribution in [2.75, 3.05) is 45.9 Å². The number of carbonyl (C=O) groups is 2. The van der Waals surface area contributed by atoms with Crippen LogP contribution in [0.2, 0.25) is 0 Å². The van der Waals surface area contributed by atoms with Crippen LogP contribution < -0.4 is 5.32 Å². The van der Waals surface area contributed by atoms with E-state index in [1.807, 2.05) is 42.5 Å². The van der Waals surface area contributed by atoms with Crippen LogP contribution in [0.4, 0.5) is 0 Å². The summed E-state index contributed by atoms with van der Waals surface area (Å²) in [4.78, 5) is 28.4. The molecule has 0 atom stereocenters. The molecule has 6 heteroatoms. The number of hydrogen-bond acceptors (Lipinski definition) is 6. The minimum Gasteiger partial charge on any atom is -0.462 e. The van der Waals surface area contributed by atoms with Crippen LogP contribution in [0.5, 0.6) is 0 Å². The van der Waals surface area contributed by atoms with Crippen molar-refractivity contribution in [3.8, 4) is 22.3 Å². The van der Waals surface area contributed by atoms with Gasteiger partial charge in [-0.05, 0) is 128 Å². The van der Waals surface area contributed by atoms with Crippen LogP contribution in [0.1, 0.15) is 72.1 Å². The molecular formula is C34H40N2O4. The second-order valence-electron chi connectivity index (χ2n) is 11.5. The van der Waals surface area contributed by atoms with E-state index in [0.717, 1.165) is 90.9 Å². The highest BCUT2D eigenvalue weighted by molar-refractivity contribution is 6.20. The summed E-state index contributed by atoms with van der Waals surface area (Å²) in [5.74, 6) is 0.189. The maximum atomic E-state index is 13.1. The summed E-state index contributed by atoms with van der Waals surface area (Å²) in [5.41, 5.74) is 5.39. The average Bonchev–Trinajstić information content (AvgIpc) is 3.33. The molecule has 3 aromatic rings. The molecule has 3 aromatic carbocycles. The Morgan fingerprint density at radius 3 is 2.40 bits per heavy atom. The third-order valence-corrected chi connectivity index (χ3v) is 8.85. The summed E-state index contributed by atoms with van der Waals surface area (Å²) >= 11 is 0. The van der Waals surface area contributed by atoms with Gasteiger partial charge < -0.3 is 19.7 Å². The number of hydrogen-bond donors (Lipinski definition) is 1. The molecule has 0 radical (unpaired) electrons. The lowest BCUT2D eigenvalue weighted by Crippen LogP contribution is -2.31. The molecule has 0 saturated carbocycles. The van der Waals surface area contributed by atoms with Gasteiger partial charge in [-0.2, -0.15) is 0 Å². The molecule has 2 saturated heterocycles. The molecule has 0 spiro atoms. The zero-order chi connectivity index (χ0) is 27.3. The van der Waals surface area contributed by atoms with Crippen LogP contribution in [0.3, 0.4) is 0 Å². The quantitative estimate of drug-likeness (QED) is 0.184. The maximum absolute atomic E-state index is 13.1. The minimum atomic E-state index is -0.279. The fourth-order valence-electron chi connectivity index (χ4n) is 6.67. The minimum absolute atomic E-state index is 0.265. The number of ether oxygens (including phenoxy) is 2. The van der Waals surface area contributed by atoms with Crippen molar-refractivity contribution in [1.82, 2.24) is 10.2 Å². The SMILES string of the molecule is O=C(OCCCN1CCCCC1)c1ccc2c(c1)-c1ccc(C(=O)OCCCC3CCNCC3)c3cccc-2c13. The van der Waals surface area contributed by atoms with Crippen molar-refractivity contribution in [3.63, 3.8) is 0 Å². The Kier molecular flexibility index (Phi) is 8.45. The molecular weight excluding hydrogens is 500 g/mol. The van der Waals surface area contributed by atoms with Gasteiger partial charge in [-0.15, -0.1) is 0 Å². The summed E-state index contributed by atoms with van der Waals surface area (Å²) in [7, 11) is 0. The first-order valence-electron chi connectivity index (χ1n) is 15.2. The molecule has 6 nitrogen and oxygen atoms in total. The zero-order valence-electron chi connectivity index (χ0n) is 23.4. The smallest absolute Gasteiger partial charge is 0.338 e. The summed E-state index contributed by atoms with van der Waals surface area (Å²) in [6.07, 6.45) is 9.15. The third-order valence-electron chi connectivity index (χ3n) is 8.85. The molecule has 0 aromatic heterocycles. The summed E-state index contributed by atoms with van der Waals surface area (Å²) in [6, 6.07) is 15.8. The van der Waals surface area contributed by atoms with Crippen molar-refractivity contribution in [2.24, 2.45) is 5.92 Å². The maximum Gasteiger partial charge on any atom is 0.338 e. The predicted octanol–water partition coefficient (Wildman–Crippen LogP) is 6.46. The van der Waals surface area contributed by atoms with Crippen LogP contribution >= 0.6 is 0 Å². The highest BCUT2D eigenvalue weighted by Gasteiger charge is 2.26. The summed E-state index contributed by atoms with van der Waals surface area (Å²) in [6.45, 7) is 6.37. The Balaban J connectivity index is 1.11. The van der Waals surface area contributed by atoms with E-state index in [-0.39, 0.29) is 11.9 Å². The van der Waals surface area contributed by atoms with Gasteiger partial charge in [0.1, 0.15) is 0 Å². The van der Waals surface area contributed by atoms with Gasteiger partial charge in [-0.1, -0.05) is 36.8 Å². The second-order valence-corrected chi connectivity index (χ2v) is 11.5. The lowest BCUT2D eigenvalue weighted by Gasteiger charge is -2.26. The molecule has 1 N–H and O–H groups in total. The number of nitrogens with one attached hydrogen (secondary N) is 1. The first-order valence-corrected chi connectivity index (χ1v) is 15.2. The van der Waals surface area contributed by atoms with E-state index < -0.39 is 0 Å². The van der Waals surface area contributed by atoms with Crippen molar-refractivity contribution < 1.29 is 19.1 Å². The van der Waals surface area contributed by atoms with Gasteiger partial charge in [0.15, 0.2) is 0 Å². The summed E-state index contributed by atoms with van der Waals surface area (Å²) < 4.78 is 11.4. The zero-order valence-corrected chi connectivity index (χ0v) is 23.4. The van der Waals surface area contributed by atoms with E-state index in [0.29, 0.717) is 24.3 Å². The Morgan fingerprint density at radius 2 is 1.55 bits per heavy atom. The van der Waals surface area contributed by atoms with Crippen LogP contribution in [-0.2, 0) is 9.47 Å². The number of rotatable bonds is 10. The van der Waals surface area contributed by atoms with E-state index in [9.17, 15) is 9.59 Å². The Hall–Kier alpha value is -3.22. The van der Waals surface area contributed by atoms with Gasteiger partial charge in [0.05, 0.1) is 24.3 Å². The average molecular weight is 541 g/mol.